The fraction of sp³-hybridized carbons (Fsp3) is 0.538. The Morgan fingerprint density at radius 1 is 1.40 bits per heavy atom. The second kappa shape index (κ2) is 5.85. The van der Waals surface area contributed by atoms with Gasteiger partial charge >= 0.3 is 5.76 Å². The van der Waals surface area contributed by atoms with Crippen LogP contribution in [-0.4, -0.2) is 32.6 Å². The van der Waals surface area contributed by atoms with Crippen LogP contribution in [0.2, 0.25) is 0 Å². The van der Waals surface area contributed by atoms with E-state index < -0.39 is 15.6 Å². The van der Waals surface area contributed by atoms with Gasteiger partial charge in [-0.05, 0) is 24.5 Å². The lowest BCUT2D eigenvalue weighted by atomic mass is 10.0. The van der Waals surface area contributed by atoms with Crippen LogP contribution in [0, 0.1) is 5.92 Å². The molecule has 2 rings (SSSR count). The summed E-state index contributed by atoms with van der Waals surface area (Å²) >= 11 is 5.94. The van der Waals surface area contributed by atoms with Gasteiger partial charge in [-0.25, -0.2) is 8.42 Å². The lowest BCUT2D eigenvalue weighted by Gasteiger charge is -2.29. The number of halogens is 3. The summed E-state index contributed by atoms with van der Waals surface area (Å²) in [6.45, 7) is 2.64. The molecule has 0 saturated carbocycles. The number of nitrogens with zero attached hydrogens (tertiary/aromatic N) is 1. The van der Waals surface area contributed by atoms with Gasteiger partial charge in [-0.3, -0.25) is 0 Å². The molecule has 1 fully saturated rings. The summed E-state index contributed by atoms with van der Waals surface area (Å²) in [6.07, 6.45) is 0.862. The second-order valence-corrected chi connectivity index (χ2v) is 7.15. The van der Waals surface area contributed by atoms with E-state index in [1.54, 1.807) is 12.1 Å². The van der Waals surface area contributed by atoms with Gasteiger partial charge in [-0.15, -0.1) is 11.6 Å². The number of rotatable bonds is 4. The number of sulfone groups is 1. The Morgan fingerprint density at radius 3 is 2.65 bits per heavy atom. The number of para-hydroxylation sites is 1. The molecule has 0 bridgehead atoms. The Labute approximate surface area is 122 Å². The molecule has 1 aliphatic heterocycles. The standard InChI is InChI=1S/C13H16ClF2NO2S/c1-9-6-7-17(11(9)8-14)10-4-2-3-5-12(10)20(18,19)13(15)16/h2-5,9,11,13H,6-8H2,1H3. The van der Waals surface area contributed by atoms with E-state index in [9.17, 15) is 17.2 Å². The van der Waals surface area contributed by atoms with Crippen LogP contribution in [0.25, 0.3) is 0 Å². The third-order valence-electron chi connectivity index (χ3n) is 3.76. The number of anilines is 1. The molecular weight excluding hydrogens is 308 g/mol. The van der Waals surface area contributed by atoms with Crippen molar-refractivity contribution in [1.82, 2.24) is 0 Å². The van der Waals surface area contributed by atoms with E-state index in [0.29, 0.717) is 24.0 Å². The first-order chi connectivity index (χ1) is 9.39. The second-order valence-electron chi connectivity index (χ2n) is 4.95. The Balaban J connectivity index is 2.49. The van der Waals surface area contributed by atoms with Crippen LogP contribution in [-0.2, 0) is 9.84 Å². The highest BCUT2D eigenvalue weighted by atomic mass is 35.5. The van der Waals surface area contributed by atoms with Crippen molar-refractivity contribution in [3.63, 3.8) is 0 Å². The van der Waals surface area contributed by atoms with Gasteiger partial charge in [-0.2, -0.15) is 8.78 Å². The molecule has 0 radical (unpaired) electrons. The maximum Gasteiger partial charge on any atom is 0.341 e. The van der Waals surface area contributed by atoms with Crippen molar-refractivity contribution in [2.24, 2.45) is 5.92 Å². The first kappa shape index (κ1) is 15.5. The number of hydrogen-bond acceptors (Lipinski definition) is 3. The Morgan fingerprint density at radius 2 is 2.05 bits per heavy atom. The van der Waals surface area contributed by atoms with Crippen molar-refractivity contribution >= 4 is 27.1 Å². The largest absolute Gasteiger partial charge is 0.366 e. The summed E-state index contributed by atoms with van der Waals surface area (Å²) in [5.74, 6) is -2.78. The van der Waals surface area contributed by atoms with E-state index in [1.165, 1.54) is 12.1 Å². The lowest BCUT2D eigenvalue weighted by Crippen LogP contribution is -2.34. The van der Waals surface area contributed by atoms with Crippen molar-refractivity contribution < 1.29 is 17.2 Å². The van der Waals surface area contributed by atoms with Gasteiger partial charge < -0.3 is 4.90 Å². The SMILES string of the molecule is CC1CCN(c2ccccc2S(=O)(=O)C(F)F)C1CCl. The van der Waals surface area contributed by atoms with Gasteiger partial charge in [0.05, 0.1) is 10.6 Å². The van der Waals surface area contributed by atoms with Crippen LogP contribution in [0.15, 0.2) is 29.2 Å². The van der Waals surface area contributed by atoms with E-state index in [4.69, 9.17) is 11.6 Å². The first-order valence-corrected chi connectivity index (χ1v) is 8.41. The van der Waals surface area contributed by atoms with E-state index in [0.717, 1.165) is 6.42 Å². The van der Waals surface area contributed by atoms with Crippen LogP contribution in [0.5, 0.6) is 0 Å². The minimum Gasteiger partial charge on any atom is -0.366 e. The fourth-order valence-corrected chi connectivity index (χ4v) is 3.98. The average molecular weight is 324 g/mol. The van der Waals surface area contributed by atoms with Gasteiger partial charge in [0.1, 0.15) is 0 Å². The van der Waals surface area contributed by atoms with Crippen LogP contribution in [0.4, 0.5) is 14.5 Å². The van der Waals surface area contributed by atoms with Gasteiger partial charge in [0.15, 0.2) is 0 Å². The lowest BCUT2D eigenvalue weighted by molar-refractivity contribution is 0.235. The summed E-state index contributed by atoms with van der Waals surface area (Å²) in [5.41, 5.74) is 0.322. The van der Waals surface area contributed by atoms with Crippen LogP contribution < -0.4 is 4.90 Å². The molecular formula is C13H16ClF2NO2S. The van der Waals surface area contributed by atoms with Crippen molar-refractivity contribution in [2.45, 2.75) is 30.0 Å². The Kier molecular flexibility index (Phi) is 4.54. The highest BCUT2D eigenvalue weighted by Crippen LogP contribution is 2.35. The van der Waals surface area contributed by atoms with Gasteiger partial charge in [-0.1, -0.05) is 19.1 Å². The molecule has 1 aromatic carbocycles. The summed E-state index contributed by atoms with van der Waals surface area (Å²) in [5, 5.41) is 0. The third kappa shape index (κ3) is 2.63. The van der Waals surface area contributed by atoms with Crippen LogP contribution in [0.3, 0.4) is 0 Å². The Hall–Kier alpha value is -0.880. The minimum absolute atomic E-state index is 0.0364. The molecule has 0 spiro atoms. The molecule has 0 N–H and O–H groups in total. The minimum atomic E-state index is -4.61. The quantitative estimate of drug-likeness (QED) is 0.799. The smallest absolute Gasteiger partial charge is 0.341 e. The molecule has 0 aromatic heterocycles. The van der Waals surface area contributed by atoms with Crippen molar-refractivity contribution in [3.05, 3.63) is 24.3 Å². The van der Waals surface area contributed by atoms with Crippen molar-refractivity contribution in [2.75, 3.05) is 17.3 Å². The normalized spacial score (nSPS) is 23.6. The summed E-state index contributed by atoms with van der Waals surface area (Å²) in [6, 6.07) is 5.85. The molecule has 2 unspecified atom stereocenters. The number of alkyl halides is 3. The average Bonchev–Trinajstić information content (AvgIpc) is 2.79. The first-order valence-electron chi connectivity index (χ1n) is 6.33. The molecule has 1 aromatic rings. The predicted molar refractivity (Wildman–Crippen MR) is 75.3 cm³/mol. The van der Waals surface area contributed by atoms with Crippen molar-refractivity contribution in [1.29, 1.82) is 0 Å². The molecule has 20 heavy (non-hydrogen) atoms. The zero-order valence-electron chi connectivity index (χ0n) is 11.0. The maximum atomic E-state index is 12.8. The van der Waals surface area contributed by atoms with Gasteiger partial charge in [0, 0.05) is 18.5 Å². The maximum absolute atomic E-state index is 12.8. The van der Waals surface area contributed by atoms with E-state index in [2.05, 4.69) is 0 Å². The molecule has 7 heteroatoms. The van der Waals surface area contributed by atoms with E-state index >= 15 is 0 Å². The molecule has 1 saturated heterocycles. The molecule has 112 valence electrons. The van der Waals surface area contributed by atoms with E-state index in [-0.39, 0.29) is 10.9 Å². The van der Waals surface area contributed by atoms with Gasteiger partial charge in [0.25, 0.3) is 0 Å². The highest BCUT2D eigenvalue weighted by molar-refractivity contribution is 7.91. The predicted octanol–water partition coefficient (Wildman–Crippen LogP) is 3.14. The molecule has 0 aliphatic carbocycles. The zero-order chi connectivity index (χ0) is 14.9. The molecule has 2 atom stereocenters. The molecule has 1 heterocycles. The summed E-state index contributed by atoms with van der Waals surface area (Å²) in [4.78, 5) is 1.51. The fourth-order valence-electron chi connectivity index (χ4n) is 2.57. The van der Waals surface area contributed by atoms with Crippen LogP contribution >= 0.6 is 11.6 Å². The summed E-state index contributed by atoms with van der Waals surface area (Å²) < 4.78 is 49.1. The summed E-state index contributed by atoms with van der Waals surface area (Å²) in [7, 11) is -4.61. The monoisotopic (exact) mass is 323 g/mol. The Bertz CT molecular complexity index is 579. The molecule has 1 aliphatic rings. The highest BCUT2D eigenvalue weighted by Gasteiger charge is 2.36. The topological polar surface area (TPSA) is 37.4 Å². The van der Waals surface area contributed by atoms with Crippen LogP contribution in [0.1, 0.15) is 13.3 Å². The molecule has 3 nitrogen and oxygen atoms in total. The zero-order valence-corrected chi connectivity index (χ0v) is 12.5. The number of benzene rings is 1. The van der Waals surface area contributed by atoms with Gasteiger partial charge in [0.2, 0.25) is 9.84 Å². The van der Waals surface area contributed by atoms with E-state index in [1.807, 2.05) is 11.8 Å². The molecule has 0 amide bonds. The third-order valence-corrected chi connectivity index (χ3v) is 5.50. The van der Waals surface area contributed by atoms with Crippen molar-refractivity contribution in [3.8, 4) is 0 Å². The number of hydrogen-bond donors (Lipinski definition) is 0.